The molecule has 1 aromatic carbocycles. The highest BCUT2D eigenvalue weighted by Gasteiger charge is 2.46. The summed E-state index contributed by atoms with van der Waals surface area (Å²) in [6.45, 7) is 2.14. The van der Waals surface area contributed by atoms with Gasteiger partial charge in [0.1, 0.15) is 0 Å². The Labute approximate surface area is 85.5 Å². The predicted octanol–water partition coefficient (Wildman–Crippen LogP) is 1.75. The molecule has 0 aliphatic heterocycles. The lowest BCUT2D eigenvalue weighted by Gasteiger charge is -2.24. The fraction of sp³-hybridized carbons (Fsp3) is 0.500. The van der Waals surface area contributed by atoms with Crippen molar-refractivity contribution in [3.8, 4) is 0 Å². The van der Waals surface area contributed by atoms with Crippen LogP contribution in [0.3, 0.4) is 0 Å². The Bertz CT molecular complexity index is 329. The molecule has 0 spiro atoms. The number of rotatable bonds is 3. The lowest BCUT2D eigenvalue weighted by molar-refractivity contribution is 0.460. The van der Waals surface area contributed by atoms with E-state index in [0.717, 1.165) is 12.8 Å². The van der Waals surface area contributed by atoms with Crippen LogP contribution in [0.1, 0.15) is 30.0 Å². The van der Waals surface area contributed by atoms with Gasteiger partial charge in [-0.15, -0.1) is 0 Å². The largest absolute Gasteiger partial charge is 0.323 e. The summed E-state index contributed by atoms with van der Waals surface area (Å²) in [5.74, 6) is 0. The number of hydrogen-bond donors (Lipinski definition) is 2. The average molecular weight is 190 g/mol. The van der Waals surface area contributed by atoms with Crippen LogP contribution in [0.2, 0.25) is 0 Å². The quantitative estimate of drug-likeness (QED) is 0.762. The van der Waals surface area contributed by atoms with Gasteiger partial charge in [0.25, 0.3) is 0 Å². The van der Waals surface area contributed by atoms with Crippen LogP contribution in [0, 0.1) is 6.92 Å². The van der Waals surface area contributed by atoms with Crippen LogP contribution < -0.4 is 11.1 Å². The minimum atomic E-state index is 0.000856. The maximum atomic E-state index is 6.24. The second-order valence-electron chi connectivity index (χ2n) is 4.31. The first kappa shape index (κ1) is 9.69. The first-order valence-electron chi connectivity index (χ1n) is 5.19. The zero-order valence-corrected chi connectivity index (χ0v) is 8.88. The van der Waals surface area contributed by atoms with Crippen LogP contribution in [-0.4, -0.2) is 12.6 Å². The van der Waals surface area contributed by atoms with E-state index in [9.17, 15) is 0 Å². The maximum absolute atomic E-state index is 6.24. The van der Waals surface area contributed by atoms with Gasteiger partial charge in [0.15, 0.2) is 0 Å². The van der Waals surface area contributed by atoms with Crippen molar-refractivity contribution in [2.24, 2.45) is 5.73 Å². The van der Waals surface area contributed by atoms with Gasteiger partial charge in [0.2, 0.25) is 0 Å². The topological polar surface area (TPSA) is 38.0 Å². The number of aryl methyl sites for hydroxylation is 1. The van der Waals surface area contributed by atoms with Gasteiger partial charge in [-0.2, -0.15) is 0 Å². The molecule has 0 radical (unpaired) electrons. The lowest BCUT2D eigenvalue weighted by Crippen LogP contribution is -2.38. The highest BCUT2D eigenvalue weighted by molar-refractivity contribution is 5.33. The molecule has 1 aliphatic carbocycles. The second kappa shape index (κ2) is 3.37. The lowest BCUT2D eigenvalue weighted by atomic mass is 9.94. The minimum absolute atomic E-state index is 0.000856. The van der Waals surface area contributed by atoms with Gasteiger partial charge >= 0.3 is 0 Å². The van der Waals surface area contributed by atoms with Crippen molar-refractivity contribution < 1.29 is 0 Å². The number of hydrogen-bond acceptors (Lipinski definition) is 2. The Morgan fingerprint density at radius 3 is 2.50 bits per heavy atom. The van der Waals surface area contributed by atoms with Crippen molar-refractivity contribution >= 4 is 0 Å². The van der Waals surface area contributed by atoms with Crippen LogP contribution in [0.5, 0.6) is 0 Å². The standard InChI is InChI=1S/C12H18N2/c1-9-5-3-4-6-10(9)11(14-2)12(13)7-8-12/h3-6,11,14H,7-8,13H2,1-2H3. The van der Waals surface area contributed by atoms with Gasteiger partial charge in [0, 0.05) is 5.54 Å². The van der Waals surface area contributed by atoms with E-state index in [0.29, 0.717) is 6.04 Å². The van der Waals surface area contributed by atoms with Crippen LogP contribution in [0.25, 0.3) is 0 Å². The normalized spacial score (nSPS) is 20.5. The van der Waals surface area contributed by atoms with Gasteiger partial charge in [-0.1, -0.05) is 24.3 Å². The van der Waals surface area contributed by atoms with Crippen molar-refractivity contribution in [3.63, 3.8) is 0 Å². The number of benzene rings is 1. The Balaban J connectivity index is 2.32. The molecular formula is C12H18N2. The van der Waals surface area contributed by atoms with E-state index in [2.05, 4.69) is 36.5 Å². The molecule has 0 amide bonds. The molecule has 2 nitrogen and oxygen atoms in total. The molecule has 0 saturated heterocycles. The SMILES string of the molecule is CNC(c1ccccc1C)C1(N)CC1. The molecule has 3 N–H and O–H groups in total. The summed E-state index contributed by atoms with van der Waals surface area (Å²) in [6, 6.07) is 8.78. The summed E-state index contributed by atoms with van der Waals surface area (Å²) in [4.78, 5) is 0. The summed E-state index contributed by atoms with van der Waals surface area (Å²) in [5, 5.41) is 3.34. The first-order chi connectivity index (χ1) is 6.67. The molecule has 2 heteroatoms. The summed E-state index contributed by atoms with van der Waals surface area (Å²) < 4.78 is 0. The van der Waals surface area contributed by atoms with Crippen molar-refractivity contribution in [3.05, 3.63) is 35.4 Å². The van der Waals surface area contributed by atoms with Crippen molar-refractivity contribution in [1.29, 1.82) is 0 Å². The molecule has 0 heterocycles. The third-order valence-corrected chi connectivity index (χ3v) is 3.19. The molecule has 1 unspecified atom stereocenters. The van der Waals surface area contributed by atoms with E-state index >= 15 is 0 Å². The molecule has 0 aromatic heterocycles. The molecule has 1 fully saturated rings. The summed E-state index contributed by atoms with van der Waals surface area (Å²) in [5.41, 5.74) is 8.91. The number of nitrogens with one attached hydrogen (secondary N) is 1. The Hall–Kier alpha value is -0.860. The van der Waals surface area contributed by atoms with Crippen LogP contribution >= 0.6 is 0 Å². The van der Waals surface area contributed by atoms with Gasteiger partial charge in [0.05, 0.1) is 6.04 Å². The van der Waals surface area contributed by atoms with Crippen molar-refractivity contribution in [2.45, 2.75) is 31.3 Å². The molecule has 1 aliphatic rings. The molecule has 0 bridgehead atoms. The highest BCUT2D eigenvalue weighted by atomic mass is 15.0. The van der Waals surface area contributed by atoms with Crippen molar-refractivity contribution in [2.75, 3.05) is 7.05 Å². The molecule has 2 rings (SSSR count). The van der Waals surface area contributed by atoms with E-state index in [1.54, 1.807) is 0 Å². The number of nitrogens with two attached hydrogens (primary N) is 1. The minimum Gasteiger partial charge on any atom is -0.323 e. The fourth-order valence-corrected chi connectivity index (χ4v) is 2.10. The maximum Gasteiger partial charge on any atom is 0.0503 e. The van der Waals surface area contributed by atoms with E-state index < -0.39 is 0 Å². The van der Waals surface area contributed by atoms with Crippen LogP contribution in [0.4, 0.5) is 0 Å². The van der Waals surface area contributed by atoms with E-state index in [1.165, 1.54) is 11.1 Å². The zero-order valence-electron chi connectivity index (χ0n) is 8.88. The Morgan fingerprint density at radius 2 is 2.00 bits per heavy atom. The third kappa shape index (κ3) is 1.56. The van der Waals surface area contributed by atoms with Gasteiger partial charge < -0.3 is 11.1 Å². The molecule has 76 valence electrons. The third-order valence-electron chi connectivity index (χ3n) is 3.19. The Kier molecular flexibility index (Phi) is 2.33. The molecule has 1 atom stereocenters. The van der Waals surface area contributed by atoms with E-state index in [-0.39, 0.29) is 5.54 Å². The average Bonchev–Trinajstić information content (AvgIpc) is 2.89. The smallest absolute Gasteiger partial charge is 0.0503 e. The molecular weight excluding hydrogens is 172 g/mol. The van der Waals surface area contributed by atoms with E-state index in [4.69, 9.17) is 5.73 Å². The second-order valence-corrected chi connectivity index (χ2v) is 4.31. The highest BCUT2D eigenvalue weighted by Crippen LogP contribution is 2.43. The number of likely N-dealkylation sites (N-methyl/N-ethyl adjacent to an activating group) is 1. The van der Waals surface area contributed by atoms with Crippen LogP contribution in [0.15, 0.2) is 24.3 Å². The summed E-state index contributed by atoms with van der Waals surface area (Å²) >= 11 is 0. The molecule has 14 heavy (non-hydrogen) atoms. The molecule has 1 saturated carbocycles. The first-order valence-corrected chi connectivity index (χ1v) is 5.19. The zero-order chi connectivity index (χ0) is 10.2. The van der Waals surface area contributed by atoms with Gasteiger partial charge in [-0.25, -0.2) is 0 Å². The van der Waals surface area contributed by atoms with Gasteiger partial charge in [-0.3, -0.25) is 0 Å². The monoisotopic (exact) mass is 190 g/mol. The van der Waals surface area contributed by atoms with Crippen LogP contribution in [-0.2, 0) is 0 Å². The summed E-state index contributed by atoms with van der Waals surface area (Å²) in [7, 11) is 1.99. The Morgan fingerprint density at radius 1 is 1.36 bits per heavy atom. The van der Waals surface area contributed by atoms with Gasteiger partial charge in [-0.05, 0) is 37.9 Å². The van der Waals surface area contributed by atoms with Crippen molar-refractivity contribution in [1.82, 2.24) is 5.32 Å². The predicted molar refractivity (Wildman–Crippen MR) is 59.1 cm³/mol. The van der Waals surface area contributed by atoms with E-state index in [1.807, 2.05) is 7.05 Å². The molecule has 1 aromatic rings. The fourth-order valence-electron chi connectivity index (χ4n) is 2.10. The summed E-state index contributed by atoms with van der Waals surface area (Å²) in [6.07, 6.45) is 2.26.